The fourth-order valence-electron chi connectivity index (χ4n) is 3.86. The summed E-state index contributed by atoms with van der Waals surface area (Å²) in [6.45, 7) is 0. The molecule has 0 aliphatic carbocycles. The number of carbonyl (C=O) groups excluding carboxylic acids is 2. The minimum atomic E-state index is -4.26. The number of aromatic nitrogens is 1. The van der Waals surface area contributed by atoms with Gasteiger partial charge in [-0.25, -0.2) is 12.8 Å². The number of hydrogen-bond donors (Lipinski definition) is 2. The third-order valence-corrected chi connectivity index (χ3v) is 7.21. The zero-order valence-electron chi connectivity index (χ0n) is 17.2. The van der Waals surface area contributed by atoms with E-state index in [1.807, 2.05) is 0 Å². The lowest BCUT2D eigenvalue weighted by molar-refractivity contribution is -0.117. The van der Waals surface area contributed by atoms with Crippen LogP contribution in [0.4, 0.5) is 15.8 Å². The second-order valence-electron chi connectivity index (χ2n) is 7.49. The van der Waals surface area contributed by atoms with E-state index in [0.29, 0.717) is 12.1 Å². The number of sulfonamides is 1. The second-order valence-corrected chi connectivity index (χ2v) is 9.30. The summed E-state index contributed by atoms with van der Waals surface area (Å²) in [5, 5.41) is 2.50. The average molecular weight is 456 g/mol. The molecular weight excluding hydrogens is 435 g/mol. The van der Waals surface area contributed by atoms with Crippen LogP contribution in [0.25, 0.3) is 0 Å². The molecule has 32 heavy (non-hydrogen) atoms. The van der Waals surface area contributed by atoms with Crippen molar-refractivity contribution < 1.29 is 22.4 Å². The fourth-order valence-corrected chi connectivity index (χ4v) is 5.61. The van der Waals surface area contributed by atoms with Crippen LogP contribution in [0.2, 0.25) is 0 Å². The highest BCUT2D eigenvalue weighted by Gasteiger charge is 2.40. The van der Waals surface area contributed by atoms with Crippen LogP contribution in [0.5, 0.6) is 0 Å². The summed E-state index contributed by atoms with van der Waals surface area (Å²) in [6.07, 6.45) is 1.95. The van der Waals surface area contributed by atoms with Gasteiger partial charge in [0.05, 0.1) is 11.4 Å². The van der Waals surface area contributed by atoms with Gasteiger partial charge in [0.1, 0.15) is 22.4 Å². The molecule has 4 rings (SSSR count). The highest BCUT2D eigenvalue weighted by atomic mass is 32.2. The van der Waals surface area contributed by atoms with Crippen molar-refractivity contribution in [3.63, 3.8) is 0 Å². The van der Waals surface area contributed by atoms with E-state index < -0.39 is 33.7 Å². The van der Waals surface area contributed by atoms with Crippen LogP contribution >= 0.6 is 0 Å². The quantitative estimate of drug-likeness (QED) is 0.614. The topological polar surface area (TPSA) is 114 Å². The molecular formula is C22H21FN4O4S. The predicted octanol–water partition coefficient (Wildman–Crippen LogP) is 2.41. The minimum absolute atomic E-state index is 0.0150. The number of hydrogen-bond acceptors (Lipinski definition) is 4. The van der Waals surface area contributed by atoms with Crippen LogP contribution in [0, 0.1) is 5.82 Å². The van der Waals surface area contributed by atoms with Crippen molar-refractivity contribution >= 4 is 33.2 Å². The predicted molar refractivity (Wildman–Crippen MR) is 117 cm³/mol. The molecule has 3 aromatic rings. The first-order chi connectivity index (χ1) is 15.2. The number of nitrogens with one attached hydrogen (secondary N) is 1. The molecule has 0 bridgehead atoms. The lowest BCUT2D eigenvalue weighted by Crippen LogP contribution is -2.50. The van der Waals surface area contributed by atoms with E-state index in [1.54, 1.807) is 30.3 Å². The number of nitrogens with two attached hydrogens (primary N) is 1. The van der Waals surface area contributed by atoms with E-state index in [9.17, 15) is 22.4 Å². The SMILES string of the molecule is Cn1cc(S(=O)(=O)N2c3ccccc3CC[C@@H]2C(=O)Nc2ccccc2F)cc1C(N)=O. The minimum Gasteiger partial charge on any atom is -0.364 e. The summed E-state index contributed by atoms with van der Waals surface area (Å²) >= 11 is 0. The van der Waals surface area contributed by atoms with E-state index >= 15 is 0 Å². The molecule has 8 nitrogen and oxygen atoms in total. The van der Waals surface area contributed by atoms with Crippen molar-refractivity contribution in [3.05, 3.63) is 77.9 Å². The van der Waals surface area contributed by atoms with Gasteiger partial charge in [-0.15, -0.1) is 0 Å². The molecule has 10 heteroatoms. The number of nitrogens with zero attached hydrogens (tertiary/aromatic N) is 2. The van der Waals surface area contributed by atoms with Gasteiger partial charge in [-0.1, -0.05) is 30.3 Å². The molecule has 1 atom stereocenters. The van der Waals surface area contributed by atoms with Crippen molar-refractivity contribution in [2.75, 3.05) is 9.62 Å². The van der Waals surface area contributed by atoms with Crippen LogP contribution in [0.15, 0.2) is 65.7 Å². The molecule has 0 radical (unpaired) electrons. The van der Waals surface area contributed by atoms with E-state index in [0.717, 1.165) is 9.87 Å². The van der Waals surface area contributed by atoms with E-state index in [1.165, 1.54) is 42.1 Å². The van der Waals surface area contributed by atoms with E-state index in [-0.39, 0.29) is 22.7 Å². The maximum Gasteiger partial charge on any atom is 0.266 e. The molecule has 166 valence electrons. The molecule has 2 heterocycles. The summed E-state index contributed by atoms with van der Waals surface area (Å²) in [7, 11) is -2.75. The highest BCUT2D eigenvalue weighted by Crippen LogP contribution is 2.36. The third kappa shape index (κ3) is 3.73. The summed E-state index contributed by atoms with van der Waals surface area (Å²) in [5.41, 5.74) is 6.43. The van der Waals surface area contributed by atoms with Crippen molar-refractivity contribution in [1.29, 1.82) is 0 Å². The van der Waals surface area contributed by atoms with Crippen LogP contribution < -0.4 is 15.4 Å². The van der Waals surface area contributed by atoms with E-state index in [4.69, 9.17) is 5.73 Å². The first-order valence-electron chi connectivity index (χ1n) is 9.84. The number of carbonyl (C=O) groups is 2. The molecule has 1 aliphatic heterocycles. The molecule has 0 unspecified atom stereocenters. The van der Waals surface area contributed by atoms with Crippen LogP contribution in [0.1, 0.15) is 22.5 Å². The Balaban J connectivity index is 1.79. The largest absolute Gasteiger partial charge is 0.364 e. The second kappa shape index (κ2) is 8.12. The Morgan fingerprint density at radius 2 is 1.81 bits per heavy atom. The van der Waals surface area contributed by atoms with Crippen LogP contribution in [0.3, 0.4) is 0 Å². The van der Waals surface area contributed by atoms with Gasteiger partial charge >= 0.3 is 0 Å². The Morgan fingerprint density at radius 1 is 1.12 bits per heavy atom. The summed E-state index contributed by atoms with van der Waals surface area (Å²) in [4.78, 5) is 24.6. The van der Waals surface area contributed by atoms with Crippen molar-refractivity contribution in [2.24, 2.45) is 12.8 Å². The van der Waals surface area contributed by atoms with Gasteiger partial charge in [0.25, 0.3) is 15.9 Å². The van der Waals surface area contributed by atoms with Crippen LogP contribution in [-0.4, -0.2) is 30.8 Å². The zero-order valence-corrected chi connectivity index (χ0v) is 18.0. The summed E-state index contributed by atoms with van der Waals surface area (Å²) in [6, 6.07) is 12.6. The Bertz CT molecular complexity index is 1320. The normalized spacial score (nSPS) is 15.8. The molecule has 0 spiro atoms. The lowest BCUT2D eigenvalue weighted by Gasteiger charge is -2.36. The van der Waals surface area contributed by atoms with Gasteiger partial charge in [-0.3, -0.25) is 13.9 Å². The lowest BCUT2D eigenvalue weighted by atomic mass is 9.97. The number of primary amides is 1. The third-order valence-electron chi connectivity index (χ3n) is 5.42. The number of fused-ring (bicyclic) bond motifs is 1. The van der Waals surface area contributed by atoms with Gasteiger partial charge in [0.2, 0.25) is 5.91 Å². The average Bonchev–Trinajstić information content (AvgIpc) is 3.17. The number of anilines is 2. The Labute approximate surface area is 184 Å². The molecule has 0 saturated carbocycles. The molecule has 1 aromatic heterocycles. The first-order valence-corrected chi connectivity index (χ1v) is 11.3. The Hall–Kier alpha value is -3.66. The summed E-state index contributed by atoms with van der Waals surface area (Å²) in [5.74, 6) is -2.05. The Kier molecular flexibility index (Phi) is 5.47. The molecule has 0 saturated heterocycles. The van der Waals surface area contributed by atoms with Crippen molar-refractivity contribution in [1.82, 2.24) is 4.57 Å². The number of amides is 2. The van der Waals surface area contributed by atoms with Gasteiger partial charge in [0, 0.05) is 13.2 Å². The first kappa shape index (κ1) is 21.6. The number of aryl methyl sites for hydroxylation is 2. The number of para-hydroxylation sites is 2. The molecule has 2 aromatic carbocycles. The number of halogens is 1. The molecule has 3 N–H and O–H groups in total. The fraction of sp³-hybridized carbons (Fsp3) is 0.182. The maximum atomic E-state index is 14.1. The van der Waals surface area contributed by atoms with Gasteiger partial charge in [0.15, 0.2) is 0 Å². The molecule has 1 aliphatic rings. The summed E-state index contributed by atoms with van der Waals surface area (Å²) < 4.78 is 43.8. The van der Waals surface area contributed by atoms with Gasteiger partial charge < -0.3 is 15.6 Å². The highest BCUT2D eigenvalue weighted by molar-refractivity contribution is 7.93. The number of rotatable bonds is 5. The molecule has 0 fully saturated rings. The monoisotopic (exact) mass is 456 g/mol. The molecule has 2 amide bonds. The van der Waals surface area contributed by atoms with Crippen molar-refractivity contribution in [3.8, 4) is 0 Å². The smallest absolute Gasteiger partial charge is 0.266 e. The Morgan fingerprint density at radius 3 is 2.50 bits per heavy atom. The van der Waals surface area contributed by atoms with Crippen LogP contribution in [-0.2, 0) is 28.3 Å². The zero-order chi connectivity index (χ0) is 23.0. The maximum absolute atomic E-state index is 14.1. The van der Waals surface area contributed by atoms with Gasteiger partial charge in [-0.05, 0) is 42.7 Å². The van der Waals surface area contributed by atoms with E-state index in [2.05, 4.69) is 5.32 Å². The number of benzene rings is 2. The standard InChI is InChI=1S/C22H21FN4O4S/c1-26-13-15(12-20(26)21(24)28)32(30,31)27-18-9-5-2-6-14(18)10-11-19(27)22(29)25-17-8-4-3-7-16(17)23/h2-9,12-13,19H,10-11H2,1H3,(H2,24,28)(H,25,29)/t19-/m1/s1. The van der Waals surface area contributed by atoms with Crippen molar-refractivity contribution in [2.45, 2.75) is 23.8 Å². The van der Waals surface area contributed by atoms with Gasteiger partial charge in [-0.2, -0.15) is 0 Å².